The maximum absolute atomic E-state index is 13.1. The fourth-order valence-corrected chi connectivity index (χ4v) is 4.95. The molecule has 0 aliphatic carbocycles. The van der Waals surface area contributed by atoms with Crippen LogP contribution in [0.25, 0.3) is 6.08 Å². The van der Waals surface area contributed by atoms with Gasteiger partial charge in [0.1, 0.15) is 0 Å². The van der Waals surface area contributed by atoms with Gasteiger partial charge in [0, 0.05) is 11.1 Å². The molecular weight excluding hydrogens is 565 g/mol. The third kappa shape index (κ3) is 5.93. The van der Waals surface area contributed by atoms with Gasteiger partial charge in [0.05, 0.1) is 27.7 Å². The minimum atomic E-state index is -4.75. The summed E-state index contributed by atoms with van der Waals surface area (Å²) >= 11 is 12.5. The lowest BCUT2D eigenvalue weighted by Gasteiger charge is -2.14. The number of anilines is 1. The van der Waals surface area contributed by atoms with Gasteiger partial charge in [-0.2, -0.15) is 13.2 Å². The average molecular weight is 581 g/mol. The van der Waals surface area contributed by atoms with Gasteiger partial charge in [-0.15, -0.1) is 0 Å². The Morgan fingerprint density at radius 2 is 1.84 bits per heavy atom. The summed E-state index contributed by atoms with van der Waals surface area (Å²) in [5.74, 6) is -0.529. The number of benzene rings is 3. The van der Waals surface area contributed by atoms with E-state index in [2.05, 4.69) is 0 Å². The number of amides is 1. The number of hydrogen-bond acceptors (Lipinski definition) is 7. The maximum Gasteiger partial charge on any atom is 0.416 e. The van der Waals surface area contributed by atoms with Crippen LogP contribution < -0.4 is 14.4 Å². The molecule has 0 spiro atoms. The van der Waals surface area contributed by atoms with Crippen LogP contribution in [-0.4, -0.2) is 21.8 Å². The first kappa shape index (κ1) is 27.4. The summed E-state index contributed by atoms with van der Waals surface area (Å²) in [5, 5.41) is 11.9. The number of rotatable bonds is 7. The minimum Gasteiger partial charge on any atom is -0.490 e. The molecule has 1 aliphatic rings. The fourth-order valence-electron chi connectivity index (χ4n) is 3.47. The topological polar surface area (TPSA) is 81.9 Å². The van der Waals surface area contributed by atoms with Crippen LogP contribution in [0.5, 0.6) is 17.2 Å². The number of halogens is 4. The summed E-state index contributed by atoms with van der Waals surface area (Å²) in [4.78, 5) is 25.2. The Bertz CT molecular complexity index is 1480. The summed E-state index contributed by atoms with van der Waals surface area (Å²) < 4.78 is 50.6. The van der Waals surface area contributed by atoms with Gasteiger partial charge >= 0.3 is 11.9 Å². The van der Waals surface area contributed by atoms with Crippen molar-refractivity contribution in [2.24, 2.45) is 0 Å². The number of alkyl halides is 3. The van der Waals surface area contributed by atoms with Crippen molar-refractivity contribution in [2.75, 3.05) is 11.5 Å². The summed E-state index contributed by atoms with van der Waals surface area (Å²) in [6.45, 7) is 1.90. The number of ether oxygens (including phenoxy) is 2. The van der Waals surface area contributed by atoms with Crippen molar-refractivity contribution >= 4 is 63.3 Å². The SMILES string of the molecule is CCOc1cc(/C=C2\SC(=S)N(c3cccc(Cl)c3)C2=O)ccc1Oc1ccc(C(F)(F)F)cc1[N+](=O)[O-]. The van der Waals surface area contributed by atoms with Gasteiger partial charge in [-0.05, 0) is 61.0 Å². The zero-order valence-electron chi connectivity index (χ0n) is 19.3. The van der Waals surface area contributed by atoms with Crippen LogP contribution in [0.15, 0.2) is 65.6 Å². The van der Waals surface area contributed by atoms with Gasteiger partial charge in [-0.3, -0.25) is 19.8 Å². The number of nitro benzene ring substituents is 1. The lowest BCUT2D eigenvalue weighted by molar-refractivity contribution is -0.385. The second kappa shape index (κ2) is 11.0. The number of carbonyl (C=O) groups excluding carboxylic acids is 1. The molecule has 0 radical (unpaired) electrons. The van der Waals surface area contributed by atoms with Crippen molar-refractivity contribution in [1.82, 2.24) is 0 Å². The molecule has 1 fully saturated rings. The molecule has 7 nitrogen and oxygen atoms in total. The lowest BCUT2D eigenvalue weighted by Crippen LogP contribution is -2.27. The zero-order chi connectivity index (χ0) is 27.6. The largest absolute Gasteiger partial charge is 0.490 e. The minimum absolute atomic E-state index is 0.0401. The Labute approximate surface area is 228 Å². The van der Waals surface area contributed by atoms with Crippen molar-refractivity contribution in [3.8, 4) is 17.2 Å². The predicted octanol–water partition coefficient (Wildman–Crippen LogP) is 7.86. The molecule has 3 aromatic carbocycles. The molecule has 0 saturated carbocycles. The highest BCUT2D eigenvalue weighted by atomic mass is 35.5. The van der Waals surface area contributed by atoms with Crippen molar-refractivity contribution < 1.29 is 32.4 Å². The van der Waals surface area contributed by atoms with Crippen LogP contribution >= 0.6 is 35.6 Å². The van der Waals surface area contributed by atoms with Gasteiger partial charge in [0.15, 0.2) is 15.8 Å². The molecule has 38 heavy (non-hydrogen) atoms. The second-order valence-electron chi connectivity index (χ2n) is 7.68. The number of nitrogens with zero attached hydrogens (tertiary/aromatic N) is 2. The van der Waals surface area contributed by atoms with Gasteiger partial charge < -0.3 is 9.47 Å². The van der Waals surface area contributed by atoms with Crippen LogP contribution in [0.1, 0.15) is 18.1 Å². The molecular formula is C25H16ClF3N2O5S2. The summed E-state index contributed by atoms with van der Waals surface area (Å²) in [6.07, 6.45) is -3.16. The molecule has 0 unspecified atom stereocenters. The Balaban J connectivity index is 1.64. The zero-order valence-corrected chi connectivity index (χ0v) is 21.7. The molecule has 1 saturated heterocycles. The average Bonchev–Trinajstić information content (AvgIpc) is 3.12. The molecule has 1 heterocycles. The van der Waals surface area contributed by atoms with E-state index in [4.69, 9.17) is 33.3 Å². The van der Waals surface area contributed by atoms with Crippen LogP contribution in [0, 0.1) is 10.1 Å². The standard InChI is InChI=1S/C25H16ClF3N2O5S2/c1-2-35-21-10-14(11-22-23(32)30(24(37)38-22)17-5-3-4-16(26)13-17)6-8-20(21)36-19-9-7-15(25(27,28)29)12-18(19)31(33)34/h3-13H,2H2,1H3/b22-11-. The first-order valence-electron chi connectivity index (χ1n) is 10.8. The van der Waals surface area contributed by atoms with Crippen LogP contribution in [0.4, 0.5) is 24.5 Å². The van der Waals surface area contributed by atoms with E-state index in [1.165, 1.54) is 11.0 Å². The molecule has 3 aromatic rings. The Kier molecular flexibility index (Phi) is 7.95. The van der Waals surface area contributed by atoms with E-state index in [1.54, 1.807) is 49.4 Å². The monoisotopic (exact) mass is 580 g/mol. The number of hydrogen-bond donors (Lipinski definition) is 0. The van der Waals surface area contributed by atoms with E-state index in [9.17, 15) is 28.1 Å². The normalized spacial score (nSPS) is 14.8. The molecule has 0 atom stereocenters. The number of thioether (sulfide) groups is 1. The Hall–Kier alpha value is -3.61. The predicted molar refractivity (Wildman–Crippen MR) is 143 cm³/mol. The van der Waals surface area contributed by atoms with Gasteiger partial charge in [-0.1, -0.05) is 47.7 Å². The molecule has 1 amide bonds. The van der Waals surface area contributed by atoms with E-state index in [0.717, 1.165) is 17.8 Å². The van der Waals surface area contributed by atoms with Crippen molar-refractivity contribution in [1.29, 1.82) is 0 Å². The van der Waals surface area contributed by atoms with Gasteiger partial charge in [-0.25, -0.2) is 0 Å². The first-order valence-corrected chi connectivity index (χ1v) is 12.4. The van der Waals surface area contributed by atoms with E-state index >= 15 is 0 Å². The molecule has 13 heteroatoms. The number of thiocarbonyl (C=S) groups is 1. The van der Waals surface area contributed by atoms with Gasteiger partial charge in [0.2, 0.25) is 5.75 Å². The van der Waals surface area contributed by atoms with E-state index in [0.29, 0.717) is 37.6 Å². The van der Waals surface area contributed by atoms with Crippen LogP contribution in [-0.2, 0) is 11.0 Å². The van der Waals surface area contributed by atoms with E-state index in [1.807, 2.05) is 0 Å². The van der Waals surface area contributed by atoms with Crippen molar-refractivity contribution in [3.05, 3.63) is 91.8 Å². The summed E-state index contributed by atoms with van der Waals surface area (Å²) in [5.41, 5.74) is -0.961. The van der Waals surface area contributed by atoms with E-state index in [-0.39, 0.29) is 29.8 Å². The molecule has 0 N–H and O–H groups in total. The second-order valence-corrected chi connectivity index (χ2v) is 9.79. The third-order valence-electron chi connectivity index (χ3n) is 5.13. The Morgan fingerprint density at radius 1 is 1.11 bits per heavy atom. The van der Waals surface area contributed by atoms with Crippen molar-refractivity contribution in [3.63, 3.8) is 0 Å². The fraction of sp³-hybridized carbons (Fsp3) is 0.120. The highest BCUT2D eigenvalue weighted by Gasteiger charge is 2.34. The smallest absolute Gasteiger partial charge is 0.416 e. The van der Waals surface area contributed by atoms with E-state index < -0.39 is 22.4 Å². The van der Waals surface area contributed by atoms with Crippen LogP contribution in [0.3, 0.4) is 0 Å². The highest BCUT2D eigenvalue weighted by Crippen LogP contribution is 2.41. The molecule has 1 aliphatic heterocycles. The van der Waals surface area contributed by atoms with Crippen molar-refractivity contribution in [2.45, 2.75) is 13.1 Å². The third-order valence-corrected chi connectivity index (χ3v) is 6.67. The molecule has 0 aromatic heterocycles. The van der Waals surface area contributed by atoms with Gasteiger partial charge in [0.25, 0.3) is 5.91 Å². The number of nitro groups is 1. The molecule has 196 valence electrons. The lowest BCUT2D eigenvalue weighted by atomic mass is 10.1. The molecule has 4 rings (SSSR count). The first-order chi connectivity index (χ1) is 18.0. The molecule has 0 bridgehead atoms. The number of carbonyl (C=O) groups is 1. The maximum atomic E-state index is 13.1. The van der Waals surface area contributed by atoms with Crippen LogP contribution in [0.2, 0.25) is 5.02 Å². The summed E-state index contributed by atoms with van der Waals surface area (Å²) in [6, 6.07) is 13.2. The highest BCUT2D eigenvalue weighted by molar-refractivity contribution is 8.27. The Morgan fingerprint density at radius 3 is 2.50 bits per heavy atom. The summed E-state index contributed by atoms with van der Waals surface area (Å²) in [7, 11) is 0. The quantitative estimate of drug-likeness (QED) is 0.122.